The van der Waals surface area contributed by atoms with E-state index in [0.29, 0.717) is 6.54 Å². The molecule has 1 saturated heterocycles. The zero-order chi connectivity index (χ0) is 14.8. The van der Waals surface area contributed by atoms with Gasteiger partial charge in [0.25, 0.3) is 5.91 Å². The molecule has 1 atom stereocenters. The first-order valence-corrected chi connectivity index (χ1v) is 7.40. The van der Waals surface area contributed by atoms with E-state index in [2.05, 4.69) is 10.6 Å². The van der Waals surface area contributed by atoms with Crippen LogP contribution in [-0.4, -0.2) is 41.4 Å². The molecule has 0 radical (unpaired) electrons. The highest BCUT2D eigenvalue weighted by Crippen LogP contribution is 2.36. The summed E-state index contributed by atoms with van der Waals surface area (Å²) in [7, 11) is 0. The van der Waals surface area contributed by atoms with Crippen molar-refractivity contribution >= 4 is 17.8 Å². The molecule has 0 aromatic heterocycles. The highest BCUT2D eigenvalue weighted by molar-refractivity contribution is 6.09. The predicted octanol–water partition coefficient (Wildman–Crippen LogP) is 1.01. The average Bonchev–Trinajstić information content (AvgIpc) is 2.65. The first-order valence-electron chi connectivity index (χ1n) is 7.40. The molecule has 0 unspecified atom stereocenters. The number of hydrogen-bond donors (Lipinski definition) is 2. The molecular formula is C14H23N3O3. The molecule has 0 spiro atoms. The van der Waals surface area contributed by atoms with Gasteiger partial charge in [-0.2, -0.15) is 0 Å². The molecule has 2 N–H and O–H groups in total. The standard InChI is InChI=1S/C14H23N3O3/c1-3-15-11(18)9-17-12(19)14(2,16-13(17)20)10-7-5-4-6-8-10/h10H,3-9H2,1-2H3,(H,15,18)(H,16,20)/t14-/m0/s1. The predicted molar refractivity (Wildman–Crippen MR) is 73.9 cm³/mol. The quantitative estimate of drug-likeness (QED) is 0.755. The SMILES string of the molecule is CCNC(=O)CN1C(=O)N[C@@](C)(C2CCCCC2)C1=O. The number of likely N-dealkylation sites (N-methyl/N-ethyl adjacent to an activating group) is 1. The van der Waals surface area contributed by atoms with Crippen molar-refractivity contribution in [3.63, 3.8) is 0 Å². The molecule has 6 heteroatoms. The normalized spacial score (nSPS) is 27.6. The first-order chi connectivity index (χ1) is 9.49. The van der Waals surface area contributed by atoms with Gasteiger partial charge in [0.2, 0.25) is 5.91 Å². The van der Waals surface area contributed by atoms with Crippen LogP contribution in [0.25, 0.3) is 0 Å². The molecule has 0 aromatic carbocycles. The molecule has 20 heavy (non-hydrogen) atoms. The summed E-state index contributed by atoms with van der Waals surface area (Å²) in [6.07, 6.45) is 5.30. The van der Waals surface area contributed by atoms with Gasteiger partial charge in [-0.1, -0.05) is 19.3 Å². The molecule has 112 valence electrons. The van der Waals surface area contributed by atoms with E-state index in [1.165, 1.54) is 6.42 Å². The topological polar surface area (TPSA) is 78.5 Å². The van der Waals surface area contributed by atoms with Gasteiger partial charge in [0.05, 0.1) is 0 Å². The molecule has 0 bridgehead atoms. The molecule has 0 aromatic rings. The minimum Gasteiger partial charge on any atom is -0.355 e. The molecule has 4 amide bonds. The Bertz CT molecular complexity index is 418. The third kappa shape index (κ3) is 2.64. The molecule has 1 aliphatic heterocycles. The van der Waals surface area contributed by atoms with Gasteiger partial charge in [0.1, 0.15) is 12.1 Å². The Kier molecular flexibility index (Phi) is 4.30. The van der Waals surface area contributed by atoms with E-state index in [4.69, 9.17) is 0 Å². The maximum atomic E-state index is 12.5. The second-order valence-corrected chi connectivity index (χ2v) is 5.81. The summed E-state index contributed by atoms with van der Waals surface area (Å²) >= 11 is 0. The number of hydrogen-bond acceptors (Lipinski definition) is 3. The van der Waals surface area contributed by atoms with Crippen LogP contribution in [-0.2, 0) is 9.59 Å². The summed E-state index contributed by atoms with van der Waals surface area (Å²) in [5, 5.41) is 5.41. The maximum Gasteiger partial charge on any atom is 0.325 e. The number of rotatable bonds is 4. The van der Waals surface area contributed by atoms with Crippen LogP contribution in [0.1, 0.15) is 46.0 Å². The Balaban J connectivity index is 2.08. The van der Waals surface area contributed by atoms with Crippen molar-refractivity contribution in [3.8, 4) is 0 Å². The van der Waals surface area contributed by atoms with Gasteiger partial charge in [0, 0.05) is 6.54 Å². The van der Waals surface area contributed by atoms with Crippen LogP contribution in [0.15, 0.2) is 0 Å². The summed E-state index contributed by atoms with van der Waals surface area (Å²) in [4.78, 5) is 37.2. The smallest absolute Gasteiger partial charge is 0.325 e. The minimum absolute atomic E-state index is 0.173. The van der Waals surface area contributed by atoms with E-state index in [1.54, 1.807) is 13.8 Å². The largest absolute Gasteiger partial charge is 0.355 e. The lowest BCUT2D eigenvalue weighted by atomic mass is 9.75. The summed E-state index contributed by atoms with van der Waals surface area (Å²) in [6, 6.07) is -0.450. The van der Waals surface area contributed by atoms with Gasteiger partial charge in [0.15, 0.2) is 0 Å². The van der Waals surface area contributed by atoms with Gasteiger partial charge in [-0.3, -0.25) is 14.5 Å². The van der Waals surface area contributed by atoms with E-state index in [1.807, 2.05) is 0 Å². The molecular weight excluding hydrogens is 258 g/mol. The highest BCUT2D eigenvalue weighted by atomic mass is 16.2. The summed E-state index contributed by atoms with van der Waals surface area (Å²) < 4.78 is 0. The Hall–Kier alpha value is -1.59. The minimum atomic E-state index is -0.843. The number of imide groups is 1. The van der Waals surface area contributed by atoms with Gasteiger partial charge >= 0.3 is 6.03 Å². The van der Waals surface area contributed by atoms with E-state index in [0.717, 1.165) is 30.6 Å². The van der Waals surface area contributed by atoms with Crippen LogP contribution in [0.4, 0.5) is 4.79 Å². The second-order valence-electron chi connectivity index (χ2n) is 5.81. The van der Waals surface area contributed by atoms with E-state index >= 15 is 0 Å². The first kappa shape index (κ1) is 14.8. The fraction of sp³-hybridized carbons (Fsp3) is 0.786. The second kappa shape index (κ2) is 5.81. The van der Waals surface area contributed by atoms with Gasteiger partial charge in [-0.15, -0.1) is 0 Å². The lowest BCUT2D eigenvalue weighted by Crippen LogP contribution is -2.51. The monoisotopic (exact) mass is 281 g/mol. The molecule has 6 nitrogen and oxygen atoms in total. The van der Waals surface area contributed by atoms with Crippen LogP contribution < -0.4 is 10.6 Å². The van der Waals surface area contributed by atoms with Crippen molar-refractivity contribution in [2.24, 2.45) is 5.92 Å². The lowest BCUT2D eigenvalue weighted by molar-refractivity contribution is -0.136. The van der Waals surface area contributed by atoms with E-state index in [9.17, 15) is 14.4 Å². The van der Waals surface area contributed by atoms with Crippen LogP contribution in [0.5, 0.6) is 0 Å². The Morgan fingerprint density at radius 3 is 2.60 bits per heavy atom. The van der Waals surface area contributed by atoms with Crippen molar-refractivity contribution in [3.05, 3.63) is 0 Å². The van der Waals surface area contributed by atoms with E-state index in [-0.39, 0.29) is 24.3 Å². The average molecular weight is 281 g/mol. The van der Waals surface area contributed by atoms with Crippen molar-refractivity contribution in [1.82, 2.24) is 15.5 Å². The van der Waals surface area contributed by atoms with E-state index < -0.39 is 11.6 Å². The van der Waals surface area contributed by atoms with Gasteiger partial charge < -0.3 is 10.6 Å². The summed E-state index contributed by atoms with van der Waals surface area (Å²) in [5.41, 5.74) is -0.843. The third-order valence-corrected chi connectivity index (χ3v) is 4.40. The van der Waals surface area contributed by atoms with Crippen LogP contribution in [0.3, 0.4) is 0 Å². The number of nitrogens with zero attached hydrogens (tertiary/aromatic N) is 1. The Morgan fingerprint density at radius 1 is 1.35 bits per heavy atom. The number of carbonyl (C=O) groups is 3. The Morgan fingerprint density at radius 2 is 2.00 bits per heavy atom. The van der Waals surface area contributed by atoms with Crippen LogP contribution in [0.2, 0.25) is 0 Å². The molecule has 1 aliphatic carbocycles. The molecule has 2 fully saturated rings. The van der Waals surface area contributed by atoms with Crippen molar-refractivity contribution in [2.45, 2.75) is 51.5 Å². The van der Waals surface area contributed by atoms with Gasteiger partial charge in [-0.25, -0.2) is 4.79 Å². The number of nitrogens with one attached hydrogen (secondary N) is 2. The number of amides is 4. The summed E-state index contributed by atoms with van der Waals surface area (Å²) in [5.74, 6) is -0.392. The van der Waals surface area contributed by atoms with Crippen LogP contribution in [0, 0.1) is 5.92 Å². The number of urea groups is 1. The Labute approximate surface area is 119 Å². The fourth-order valence-electron chi connectivity index (χ4n) is 3.21. The van der Waals surface area contributed by atoms with Crippen molar-refractivity contribution in [1.29, 1.82) is 0 Å². The molecule has 1 saturated carbocycles. The van der Waals surface area contributed by atoms with Crippen LogP contribution >= 0.6 is 0 Å². The fourth-order valence-corrected chi connectivity index (χ4v) is 3.21. The molecule has 2 aliphatic rings. The zero-order valence-electron chi connectivity index (χ0n) is 12.2. The lowest BCUT2D eigenvalue weighted by Gasteiger charge is -2.34. The summed E-state index contributed by atoms with van der Waals surface area (Å²) in [6.45, 7) is 3.89. The zero-order valence-corrected chi connectivity index (χ0v) is 12.2. The van der Waals surface area contributed by atoms with Crippen molar-refractivity contribution < 1.29 is 14.4 Å². The van der Waals surface area contributed by atoms with Gasteiger partial charge in [-0.05, 0) is 32.6 Å². The maximum absolute atomic E-state index is 12.5. The third-order valence-electron chi connectivity index (χ3n) is 4.40. The van der Waals surface area contributed by atoms with Crippen molar-refractivity contribution in [2.75, 3.05) is 13.1 Å². The molecule has 2 rings (SSSR count). The highest BCUT2D eigenvalue weighted by Gasteiger charge is 2.52. The number of carbonyl (C=O) groups excluding carboxylic acids is 3. The molecule has 1 heterocycles.